The third-order valence-corrected chi connectivity index (χ3v) is 7.38. The van der Waals surface area contributed by atoms with E-state index < -0.39 is 0 Å². The number of aryl methyl sites for hydroxylation is 1. The smallest absolute Gasteiger partial charge is 0.231 e. The number of hydrogen-bond donors (Lipinski definition) is 0. The van der Waals surface area contributed by atoms with Gasteiger partial charge in [-0.3, -0.25) is 4.79 Å². The summed E-state index contributed by atoms with van der Waals surface area (Å²) in [6.07, 6.45) is 3.39. The molecule has 0 saturated heterocycles. The predicted molar refractivity (Wildman–Crippen MR) is 114 cm³/mol. The van der Waals surface area contributed by atoms with Crippen LogP contribution in [0.25, 0.3) is 21.5 Å². The molecule has 4 heterocycles. The molecule has 2 aromatic heterocycles. The van der Waals surface area contributed by atoms with Gasteiger partial charge < -0.3 is 4.90 Å². The molecule has 0 saturated carbocycles. The highest BCUT2D eigenvalue weighted by Crippen LogP contribution is 2.40. The Labute approximate surface area is 170 Å². The Bertz CT molecular complexity index is 1210. The number of nitrogens with zero attached hydrogens (tertiary/aromatic N) is 3. The number of amides is 1. The average Bonchev–Trinajstić information content (AvgIpc) is 3.40. The molecule has 0 N–H and O–H groups in total. The zero-order valence-corrected chi connectivity index (χ0v) is 16.8. The highest BCUT2D eigenvalue weighted by atomic mass is 32.1. The Morgan fingerprint density at radius 1 is 1.07 bits per heavy atom. The van der Waals surface area contributed by atoms with E-state index in [1.54, 1.807) is 22.7 Å². The van der Waals surface area contributed by atoms with Gasteiger partial charge in [0.05, 0.1) is 34.4 Å². The second-order valence-corrected chi connectivity index (χ2v) is 9.41. The SMILES string of the molecule is O=C1Cc2cc(-c3csc(Cc4nc5ccccc5s4)n3)cc3c2N1CCC3. The molecule has 138 valence electrons. The van der Waals surface area contributed by atoms with Crippen LogP contribution < -0.4 is 4.90 Å². The first-order valence-corrected chi connectivity index (χ1v) is 11.2. The first kappa shape index (κ1) is 16.4. The normalized spacial score (nSPS) is 15.4. The van der Waals surface area contributed by atoms with E-state index in [1.807, 2.05) is 11.0 Å². The second kappa shape index (κ2) is 6.22. The molecule has 0 radical (unpaired) electrons. The van der Waals surface area contributed by atoms with Gasteiger partial charge >= 0.3 is 0 Å². The molecule has 0 atom stereocenters. The lowest BCUT2D eigenvalue weighted by Crippen LogP contribution is -2.31. The third-order valence-electron chi connectivity index (χ3n) is 5.50. The molecule has 4 nitrogen and oxygen atoms in total. The Morgan fingerprint density at radius 2 is 1.96 bits per heavy atom. The molecule has 4 aromatic rings. The van der Waals surface area contributed by atoms with Crippen molar-refractivity contribution in [1.82, 2.24) is 9.97 Å². The molecule has 2 aromatic carbocycles. The van der Waals surface area contributed by atoms with E-state index in [-0.39, 0.29) is 5.91 Å². The fraction of sp³-hybridized carbons (Fsp3) is 0.227. The number of benzene rings is 2. The lowest BCUT2D eigenvalue weighted by Gasteiger charge is -2.25. The maximum Gasteiger partial charge on any atom is 0.231 e. The Hall–Kier alpha value is -2.57. The van der Waals surface area contributed by atoms with Gasteiger partial charge in [-0.05, 0) is 48.2 Å². The van der Waals surface area contributed by atoms with Crippen molar-refractivity contribution in [3.63, 3.8) is 0 Å². The lowest BCUT2D eigenvalue weighted by atomic mass is 9.96. The summed E-state index contributed by atoms with van der Waals surface area (Å²) in [6.45, 7) is 0.862. The van der Waals surface area contributed by atoms with Gasteiger partial charge in [-0.2, -0.15) is 0 Å². The van der Waals surface area contributed by atoms with Crippen LogP contribution in [0.3, 0.4) is 0 Å². The standard InChI is InChI=1S/C22H17N3OS2/c26-21-10-15-9-14(8-13-4-3-7-25(21)22(13)15)17-12-27-19(24-17)11-20-23-16-5-1-2-6-18(16)28-20/h1-2,5-6,8-9,12H,3-4,7,10-11H2. The maximum atomic E-state index is 12.3. The summed E-state index contributed by atoms with van der Waals surface area (Å²) in [5.41, 5.74) is 6.84. The molecule has 0 bridgehead atoms. The summed E-state index contributed by atoms with van der Waals surface area (Å²) in [6, 6.07) is 12.7. The Balaban J connectivity index is 1.33. The lowest BCUT2D eigenvalue weighted by molar-refractivity contribution is -0.117. The van der Waals surface area contributed by atoms with Crippen molar-refractivity contribution in [2.75, 3.05) is 11.4 Å². The van der Waals surface area contributed by atoms with Crippen LogP contribution in [0, 0.1) is 0 Å². The van der Waals surface area contributed by atoms with E-state index in [9.17, 15) is 4.79 Å². The van der Waals surface area contributed by atoms with E-state index in [4.69, 9.17) is 9.97 Å². The number of hydrogen-bond acceptors (Lipinski definition) is 5. The van der Waals surface area contributed by atoms with Crippen molar-refractivity contribution in [2.45, 2.75) is 25.7 Å². The van der Waals surface area contributed by atoms with Gasteiger partial charge in [-0.15, -0.1) is 22.7 Å². The highest BCUT2D eigenvalue weighted by Gasteiger charge is 2.32. The van der Waals surface area contributed by atoms with E-state index in [0.717, 1.165) is 58.2 Å². The Morgan fingerprint density at radius 3 is 2.89 bits per heavy atom. The Kier molecular flexibility index (Phi) is 3.64. The van der Waals surface area contributed by atoms with Crippen molar-refractivity contribution in [2.24, 2.45) is 0 Å². The quantitative estimate of drug-likeness (QED) is 0.491. The minimum atomic E-state index is 0.239. The van der Waals surface area contributed by atoms with E-state index in [1.165, 1.54) is 16.0 Å². The summed E-state index contributed by atoms with van der Waals surface area (Å²) < 4.78 is 1.22. The molecule has 1 amide bonds. The van der Waals surface area contributed by atoms with Crippen molar-refractivity contribution < 1.29 is 4.79 Å². The number of rotatable bonds is 3. The summed E-state index contributed by atoms with van der Waals surface area (Å²) in [5, 5.41) is 4.32. The maximum absolute atomic E-state index is 12.3. The average molecular weight is 404 g/mol. The first-order chi connectivity index (χ1) is 13.7. The monoisotopic (exact) mass is 403 g/mol. The molecule has 0 unspecified atom stereocenters. The van der Waals surface area contributed by atoms with Crippen LogP contribution in [0.1, 0.15) is 27.6 Å². The minimum absolute atomic E-state index is 0.239. The summed E-state index contributed by atoms with van der Waals surface area (Å²) in [5.74, 6) is 0.239. The van der Waals surface area contributed by atoms with Gasteiger partial charge in [0, 0.05) is 17.5 Å². The summed E-state index contributed by atoms with van der Waals surface area (Å²) >= 11 is 3.43. The van der Waals surface area contributed by atoms with Crippen molar-refractivity contribution in [3.05, 3.63) is 62.9 Å². The van der Waals surface area contributed by atoms with Crippen molar-refractivity contribution in [3.8, 4) is 11.3 Å². The van der Waals surface area contributed by atoms with Crippen molar-refractivity contribution in [1.29, 1.82) is 0 Å². The molecule has 0 fully saturated rings. The molecule has 0 spiro atoms. The van der Waals surface area contributed by atoms with Gasteiger partial charge in [0.15, 0.2) is 0 Å². The summed E-state index contributed by atoms with van der Waals surface area (Å²) in [4.78, 5) is 23.9. The molecule has 2 aliphatic heterocycles. The largest absolute Gasteiger partial charge is 0.312 e. The van der Waals surface area contributed by atoms with E-state index in [2.05, 4.69) is 35.7 Å². The van der Waals surface area contributed by atoms with E-state index >= 15 is 0 Å². The zero-order valence-electron chi connectivity index (χ0n) is 15.1. The van der Waals surface area contributed by atoms with Crippen molar-refractivity contribution >= 4 is 44.5 Å². The van der Waals surface area contributed by atoms with Crippen LogP contribution in [0.2, 0.25) is 0 Å². The first-order valence-electron chi connectivity index (χ1n) is 9.50. The number of carbonyl (C=O) groups excluding carboxylic acids is 1. The molecule has 28 heavy (non-hydrogen) atoms. The molecular formula is C22H17N3OS2. The number of carbonyl (C=O) groups is 1. The van der Waals surface area contributed by atoms with Gasteiger partial charge in [0.25, 0.3) is 0 Å². The topological polar surface area (TPSA) is 46.1 Å². The third kappa shape index (κ3) is 2.59. The second-order valence-electron chi connectivity index (χ2n) is 7.35. The van der Waals surface area contributed by atoms with Gasteiger partial charge in [-0.25, -0.2) is 9.97 Å². The van der Waals surface area contributed by atoms with Crippen LogP contribution >= 0.6 is 22.7 Å². The van der Waals surface area contributed by atoms with Crippen LogP contribution in [-0.4, -0.2) is 22.4 Å². The molecule has 6 heteroatoms. The number of anilines is 1. The fourth-order valence-electron chi connectivity index (χ4n) is 4.28. The number of para-hydroxylation sites is 1. The minimum Gasteiger partial charge on any atom is -0.312 e. The van der Waals surface area contributed by atoms with Gasteiger partial charge in [-0.1, -0.05) is 12.1 Å². The summed E-state index contributed by atoms with van der Waals surface area (Å²) in [7, 11) is 0. The van der Waals surface area contributed by atoms with Gasteiger partial charge in [0.1, 0.15) is 10.0 Å². The number of aromatic nitrogens is 2. The van der Waals surface area contributed by atoms with Gasteiger partial charge in [0.2, 0.25) is 5.91 Å². The predicted octanol–water partition coefficient (Wildman–Crippen LogP) is 4.85. The van der Waals surface area contributed by atoms with E-state index in [0.29, 0.717) is 6.42 Å². The number of fused-ring (bicyclic) bond motifs is 1. The zero-order chi connectivity index (χ0) is 18.7. The molecule has 0 aliphatic carbocycles. The molecule has 2 aliphatic rings. The fourth-order valence-corrected chi connectivity index (χ4v) is 6.15. The molecular weight excluding hydrogens is 386 g/mol. The highest BCUT2D eigenvalue weighted by molar-refractivity contribution is 7.18. The van der Waals surface area contributed by atoms with Crippen LogP contribution in [0.5, 0.6) is 0 Å². The van der Waals surface area contributed by atoms with Crippen LogP contribution in [0.4, 0.5) is 5.69 Å². The molecule has 6 rings (SSSR count). The van der Waals surface area contributed by atoms with Crippen LogP contribution in [0.15, 0.2) is 41.8 Å². The van der Waals surface area contributed by atoms with Crippen LogP contribution in [-0.2, 0) is 24.1 Å². The number of thiazole rings is 2.